The molecule has 6 nitrogen and oxygen atoms in total. The predicted molar refractivity (Wildman–Crippen MR) is 147 cm³/mol. The van der Waals surface area contributed by atoms with Gasteiger partial charge in [-0.1, -0.05) is 31.4 Å². The van der Waals surface area contributed by atoms with Crippen molar-refractivity contribution in [3.63, 3.8) is 0 Å². The standard InChI is InChI=1S/C29H42N4O2S/c1-32-16-5-8-27(32)13-15-31-36(34,35)29-12-11-26(30)19-28(29)24-10-9-23-14-17-33(21-25(23)18-24)20-22-6-3-2-4-7-22/h9-12,18-19,22,27,31H,2-8,13-17,20-21,30H2,1H3/t27-/m0/s1. The Hall–Kier alpha value is -1.93. The third-order valence-corrected chi connectivity index (χ3v) is 10.1. The third-order valence-electron chi connectivity index (χ3n) is 8.58. The lowest BCUT2D eigenvalue weighted by Crippen LogP contribution is -2.35. The Balaban J connectivity index is 1.33. The largest absolute Gasteiger partial charge is 0.399 e. The summed E-state index contributed by atoms with van der Waals surface area (Å²) in [6.07, 6.45) is 11.1. The predicted octanol–water partition coefficient (Wildman–Crippen LogP) is 4.64. The second kappa shape index (κ2) is 11.2. The second-order valence-corrected chi connectivity index (χ2v) is 12.9. The molecular weight excluding hydrogens is 468 g/mol. The van der Waals surface area contributed by atoms with Gasteiger partial charge < -0.3 is 10.6 Å². The lowest BCUT2D eigenvalue weighted by Gasteiger charge is -2.33. The van der Waals surface area contributed by atoms with Gasteiger partial charge in [0.25, 0.3) is 0 Å². The summed E-state index contributed by atoms with van der Waals surface area (Å²) in [6.45, 7) is 4.77. The van der Waals surface area contributed by atoms with Crippen LogP contribution < -0.4 is 10.5 Å². The maximum absolute atomic E-state index is 13.4. The van der Waals surface area contributed by atoms with Gasteiger partial charge in [0.2, 0.25) is 10.0 Å². The molecule has 2 aromatic rings. The summed E-state index contributed by atoms with van der Waals surface area (Å²) < 4.78 is 29.6. The fraction of sp³-hybridized carbons (Fsp3) is 0.586. The molecule has 1 saturated carbocycles. The van der Waals surface area contributed by atoms with Crippen LogP contribution in [0.15, 0.2) is 41.3 Å². The van der Waals surface area contributed by atoms with Crippen molar-refractivity contribution in [3.05, 3.63) is 47.5 Å². The van der Waals surface area contributed by atoms with E-state index in [-0.39, 0.29) is 0 Å². The van der Waals surface area contributed by atoms with E-state index in [1.54, 1.807) is 12.1 Å². The summed E-state index contributed by atoms with van der Waals surface area (Å²) >= 11 is 0. The molecular formula is C29H42N4O2S. The van der Waals surface area contributed by atoms with Gasteiger partial charge >= 0.3 is 0 Å². The fourth-order valence-corrected chi connectivity index (χ4v) is 7.72. The molecule has 1 atom stereocenters. The highest BCUT2D eigenvalue weighted by atomic mass is 32.2. The summed E-state index contributed by atoms with van der Waals surface area (Å²) in [5.41, 5.74) is 11.0. The zero-order valence-electron chi connectivity index (χ0n) is 21.7. The smallest absolute Gasteiger partial charge is 0.241 e. The van der Waals surface area contributed by atoms with Crippen molar-refractivity contribution < 1.29 is 8.42 Å². The Labute approximate surface area is 217 Å². The van der Waals surface area contributed by atoms with Crippen LogP contribution in [0.2, 0.25) is 0 Å². The highest BCUT2D eigenvalue weighted by Gasteiger charge is 2.25. The van der Waals surface area contributed by atoms with Crippen molar-refractivity contribution >= 4 is 15.7 Å². The highest BCUT2D eigenvalue weighted by molar-refractivity contribution is 7.89. The van der Waals surface area contributed by atoms with Crippen LogP contribution in [-0.2, 0) is 23.0 Å². The van der Waals surface area contributed by atoms with E-state index in [0.717, 1.165) is 50.4 Å². The van der Waals surface area contributed by atoms with Crippen LogP contribution >= 0.6 is 0 Å². The Morgan fingerprint density at radius 1 is 0.972 bits per heavy atom. The van der Waals surface area contributed by atoms with E-state index < -0.39 is 10.0 Å². The zero-order chi connectivity index (χ0) is 25.1. The van der Waals surface area contributed by atoms with E-state index in [1.165, 1.54) is 56.2 Å². The maximum atomic E-state index is 13.4. The number of anilines is 1. The first kappa shape index (κ1) is 25.7. The Morgan fingerprint density at radius 3 is 2.58 bits per heavy atom. The van der Waals surface area contributed by atoms with Gasteiger partial charge in [-0.3, -0.25) is 4.90 Å². The van der Waals surface area contributed by atoms with Gasteiger partial charge in [-0.25, -0.2) is 13.1 Å². The molecule has 3 N–H and O–H groups in total. The van der Waals surface area contributed by atoms with E-state index >= 15 is 0 Å². The van der Waals surface area contributed by atoms with Gasteiger partial charge in [0, 0.05) is 43.5 Å². The van der Waals surface area contributed by atoms with Crippen LogP contribution in [0.3, 0.4) is 0 Å². The van der Waals surface area contributed by atoms with E-state index in [0.29, 0.717) is 28.7 Å². The van der Waals surface area contributed by atoms with Crippen molar-refractivity contribution in [3.8, 4) is 11.1 Å². The quantitative estimate of drug-likeness (QED) is 0.506. The minimum atomic E-state index is -3.65. The number of hydrogen-bond donors (Lipinski definition) is 2. The molecule has 0 aromatic heterocycles. The molecule has 2 aliphatic heterocycles. The first-order chi connectivity index (χ1) is 17.4. The van der Waals surface area contributed by atoms with Gasteiger partial charge in [-0.05, 0) is 99.0 Å². The van der Waals surface area contributed by atoms with E-state index in [4.69, 9.17) is 5.73 Å². The molecule has 0 unspecified atom stereocenters. The van der Waals surface area contributed by atoms with Gasteiger partial charge in [0.1, 0.15) is 0 Å². The van der Waals surface area contributed by atoms with Crippen molar-refractivity contribution in [2.24, 2.45) is 5.92 Å². The molecule has 0 spiro atoms. The number of fused-ring (bicyclic) bond motifs is 1. The Morgan fingerprint density at radius 2 is 1.81 bits per heavy atom. The average molecular weight is 511 g/mol. The minimum absolute atomic E-state index is 0.311. The van der Waals surface area contributed by atoms with Crippen LogP contribution in [-0.4, -0.2) is 57.5 Å². The molecule has 1 aliphatic carbocycles. The third kappa shape index (κ3) is 5.96. The summed E-state index contributed by atoms with van der Waals surface area (Å²) in [7, 11) is -1.53. The molecule has 36 heavy (non-hydrogen) atoms. The van der Waals surface area contributed by atoms with Crippen LogP contribution in [0.4, 0.5) is 5.69 Å². The van der Waals surface area contributed by atoms with Gasteiger partial charge in [-0.15, -0.1) is 0 Å². The molecule has 7 heteroatoms. The van der Waals surface area contributed by atoms with Gasteiger partial charge in [-0.2, -0.15) is 0 Å². The van der Waals surface area contributed by atoms with Crippen molar-refractivity contribution in [1.82, 2.24) is 14.5 Å². The molecule has 196 valence electrons. The molecule has 3 aliphatic rings. The van der Waals surface area contributed by atoms with Gasteiger partial charge in [0.05, 0.1) is 4.90 Å². The lowest BCUT2D eigenvalue weighted by atomic mass is 9.88. The SMILES string of the molecule is CN1CCC[C@H]1CCNS(=O)(=O)c1ccc(N)cc1-c1ccc2c(c1)CN(CC1CCCCC1)CC2. The normalized spacial score (nSPS) is 22.1. The van der Waals surface area contributed by atoms with Crippen LogP contribution in [0.1, 0.15) is 62.5 Å². The van der Waals surface area contributed by atoms with Crippen LogP contribution in [0.5, 0.6) is 0 Å². The van der Waals surface area contributed by atoms with Crippen molar-refractivity contribution in [2.45, 2.75) is 75.3 Å². The molecule has 0 amide bonds. The van der Waals surface area contributed by atoms with Crippen molar-refractivity contribution in [2.75, 3.05) is 39.0 Å². The summed E-state index contributed by atoms with van der Waals surface area (Å²) in [5.74, 6) is 0.823. The molecule has 2 heterocycles. The number of benzene rings is 2. The van der Waals surface area contributed by atoms with Gasteiger partial charge in [0.15, 0.2) is 0 Å². The summed E-state index contributed by atoms with van der Waals surface area (Å²) in [5, 5.41) is 0. The first-order valence-electron chi connectivity index (χ1n) is 13.8. The number of nitrogens with two attached hydrogens (primary N) is 1. The monoisotopic (exact) mass is 510 g/mol. The molecule has 2 aromatic carbocycles. The summed E-state index contributed by atoms with van der Waals surface area (Å²) in [6, 6.07) is 12.1. The highest BCUT2D eigenvalue weighted by Crippen LogP contribution is 2.33. The molecule has 5 rings (SSSR count). The fourth-order valence-electron chi connectivity index (χ4n) is 6.46. The number of hydrogen-bond acceptors (Lipinski definition) is 5. The van der Waals surface area contributed by atoms with Crippen LogP contribution in [0, 0.1) is 5.92 Å². The topological polar surface area (TPSA) is 78.7 Å². The minimum Gasteiger partial charge on any atom is -0.399 e. The second-order valence-electron chi connectivity index (χ2n) is 11.2. The maximum Gasteiger partial charge on any atom is 0.241 e. The molecule has 1 saturated heterocycles. The lowest BCUT2D eigenvalue weighted by molar-refractivity contribution is 0.187. The Bertz CT molecular complexity index is 1160. The number of sulfonamides is 1. The van der Waals surface area contributed by atoms with E-state index in [9.17, 15) is 8.42 Å². The molecule has 2 fully saturated rings. The number of rotatable bonds is 8. The average Bonchev–Trinajstić information content (AvgIpc) is 3.28. The number of nitrogens with one attached hydrogen (secondary N) is 1. The summed E-state index contributed by atoms with van der Waals surface area (Å²) in [4.78, 5) is 5.24. The van der Waals surface area contributed by atoms with Crippen molar-refractivity contribution in [1.29, 1.82) is 0 Å². The van der Waals surface area contributed by atoms with Crippen LogP contribution in [0.25, 0.3) is 11.1 Å². The molecule has 0 radical (unpaired) electrons. The number of nitrogens with zero attached hydrogens (tertiary/aromatic N) is 2. The number of nitrogen functional groups attached to an aromatic ring is 1. The Kier molecular flexibility index (Phi) is 8.01. The first-order valence-corrected chi connectivity index (χ1v) is 15.3. The molecule has 0 bridgehead atoms. The van der Waals surface area contributed by atoms with E-state index in [2.05, 4.69) is 39.8 Å². The zero-order valence-corrected chi connectivity index (χ0v) is 22.5. The number of likely N-dealkylation sites (tertiary alicyclic amines) is 1. The van der Waals surface area contributed by atoms with E-state index in [1.807, 2.05) is 6.07 Å².